The van der Waals surface area contributed by atoms with Gasteiger partial charge in [0.25, 0.3) is 5.91 Å². The average molecular weight is 452 g/mol. The number of H-pyrrole nitrogens is 1. The highest BCUT2D eigenvalue weighted by Gasteiger charge is 2.22. The Morgan fingerprint density at radius 1 is 1.29 bits per heavy atom. The number of nitrogens with one attached hydrogen (secondary N) is 3. The number of carbonyl (C=O) groups excluding carboxylic acids is 2. The maximum absolute atomic E-state index is 12.9. The molecule has 3 rings (SSSR count). The quantitative estimate of drug-likeness (QED) is 0.662. The van der Waals surface area contributed by atoms with Crippen LogP contribution in [0.3, 0.4) is 0 Å². The molecular formula is C19H26BrN5O3. The summed E-state index contributed by atoms with van der Waals surface area (Å²) in [6.07, 6.45) is 1.24. The number of hydrogen-bond donors (Lipinski definition) is 3. The molecule has 0 saturated carbocycles. The number of aromatic nitrogens is 2. The van der Waals surface area contributed by atoms with Crippen LogP contribution in [0.5, 0.6) is 0 Å². The van der Waals surface area contributed by atoms with Gasteiger partial charge in [0.05, 0.1) is 11.1 Å². The summed E-state index contributed by atoms with van der Waals surface area (Å²) in [6.45, 7) is 7.28. The molecule has 0 aliphatic carbocycles. The van der Waals surface area contributed by atoms with Gasteiger partial charge in [0.1, 0.15) is 11.1 Å². The zero-order valence-electron chi connectivity index (χ0n) is 16.6. The molecule has 0 atom stereocenters. The molecule has 3 N–H and O–H groups in total. The van der Waals surface area contributed by atoms with E-state index in [1.54, 1.807) is 26.8 Å². The molecule has 1 aliphatic rings. The lowest BCUT2D eigenvalue weighted by Gasteiger charge is -2.29. The molecular weight excluding hydrogens is 426 g/mol. The van der Waals surface area contributed by atoms with Crippen molar-refractivity contribution in [2.75, 3.05) is 25.5 Å². The molecule has 1 fully saturated rings. The highest BCUT2D eigenvalue weighted by Crippen LogP contribution is 2.25. The molecule has 1 aliphatic heterocycles. The van der Waals surface area contributed by atoms with Gasteiger partial charge < -0.3 is 19.9 Å². The number of anilines is 1. The highest BCUT2D eigenvalue weighted by atomic mass is 79.9. The van der Waals surface area contributed by atoms with E-state index in [4.69, 9.17) is 4.74 Å². The minimum atomic E-state index is -0.613. The lowest BCUT2D eigenvalue weighted by atomic mass is 10.0. The first-order valence-electron chi connectivity index (χ1n) is 9.29. The van der Waals surface area contributed by atoms with Gasteiger partial charge in [0.15, 0.2) is 0 Å². The first kappa shape index (κ1) is 20.6. The number of piperidine rings is 1. The third-order valence-electron chi connectivity index (χ3n) is 4.47. The minimum absolute atomic E-state index is 0.149. The van der Waals surface area contributed by atoms with Gasteiger partial charge in [0.2, 0.25) is 5.95 Å². The number of fused-ring (bicyclic) bond motifs is 1. The van der Waals surface area contributed by atoms with Crippen LogP contribution in [0.25, 0.3) is 11.0 Å². The van der Waals surface area contributed by atoms with Crippen LogP contribution >= 0.6 is 15.9 Å². The van der Waals surface area contributed by atoms with E-state index in [2.05, 4.69) is 48.5 Å². The number of benzene rings is 1. The van der Waals surface area contributed by atoms with Crippen molar-refractivity contribution in [3.05, 3.63) is 22.2 Å². The zero-order chi connectivity index (χ0) is 20.5. The van der Waals surface area contributed by atoms with Crippen molar-refractivity contribution in [3.63, 3.8) is 0 Å². The van der Waals surface area contributed by atoms with Crippen molar-refractivity contribution in [3.8, 4) is 0 Å². The van der Waals surface area contributed by atoms with Crippen LogP contribution in [0, 0.1) is 0 Å². The van der Waals surface area contributed by atoms with E-state index in [1.165, 1.54) is 0 Å². The molecule has 0 spiro atoms. The molecule has 1 aromatic carbocycles. The van der Waals surface area contributed by atoms with E-state index in [1.807, 2.05) is 6.07 Å². The van der Waals surface area contributed by atoms with Gasteiger partial charge in [-0.3, -0.25) is 10.1 Å². The van der Waals surface area contributed by atoms with Crippen molar-refractivity contribution >= 4 is 44.9 Å². The molecule has 2 heterocycles. The van der Waals surface area contributed by atoms with E-state index in [0.29, 0.717) is 16.6 Å². The molecule has 28 heavy (non-hydrogen) atoms. The van der Waals surface area contributed by atoms with Gasteiger partial charge in [-0.05, 0) is 65.9 Å². The SMILES string of the molecule is CN1CCC(NC(=O)c2cc(Br)cc3[nH]c(NC(=O)OC(C)(C)C)nc23)CC1. The van der Waals surface area contributed by atoms with Crippen molar-refractivity contribution in [1.29, 1.82) is 0 Å². The van der Waals surface area contributed by atoms with E-state index >= 15 is 0 Å². The number of halogens is 1. The molecule has 2 aromatic rings. The van der Waals surface area contributed by atoms with Crippen molar-refractivity contribution in [1.82, 2.24) is 20.2 Å². The van der Waals surface area contributed by atoms with Gasteiger partial charge in [-0.15, -0.1) is 0 Å². The second-order valence-electron chi connectivity index (χ2n) is 8.11. The fourth-order valence-electron chi connectivity index (χ4n) is 3.13. The van der Waals surface area contributed by atoms with Crippen molar-refractivity contribution < 1.29 is 14.3 Å². The summed E-state index contributed by atoms with van der Waals surface area (Å²) in [4.78, 5) is 34.5. The number of amides is 2. The molecule has 1 saturated heterocycles. The molecule has 8 nitrogen and oxygen atoms in total. The number of rotatable bonds is 3. The average Bonchev–Trinajstić information content (AvgIpc) is 2.96. The highest BCUT2D eigenvalue weighted by molar-refractivity contribution is 9.10. The summed E-state index contributed by atoms with van der Waals surface area (Å²) >= 11 is 3.44. The molecule has 2 amide bonds. The molecule has 0 unspecified atom stereocenters. The second-order valence-corrected chi connectivity index (χ2v) is 9.03. The number of nitrogens with zero attached hydrogens (tertiary/aromatic N) is 2. The summed E-state index contributed by atoms with van der Waals surface area (Å²) in [7, 11) is 2.08. The van der Waals surface area contributed by atoms with Crippen LogP contribution in [0.1, 0.15) is 44.0 Å². The van der Waals surface area contributed by atoms with Gasteiger partial charge >= 0.3 is 6.09 Å². The Kier molecular flexibility index (Phi) is 5.95. The second kappa shape index (κ2) is 8.08. The van der Waals surface area contributed by atoms with Crippen molar-refractivity contribution in [2.24, 2.45) is 0 Å². The van der Waals surface area contributed by atoms with Crippen LogP contribution < -0.4 is 10.6 Å². The maximum Gasteiger partial charge on any atom is 0.414 e. The number of imidazole rings is 1. The van der Waals surface area contributed by atoms with E-state index in [9.17, 15) is 9.59 Å². The van der Waals surface area contributed by atoms with Crippen LogP contribution in [0.2, 0.25) is 0 Å². The monoisotopic (exact) mass is 451 g/mol. The van der Waals surface area contributed by atoms with Crippen LogP contribution in [0.15, 0.2) is 16.6 Å². The normalized spacial score (nSPS) is 16.2. The predicted molar refractivity (Wildman–Crippen MR) is 112 cm³/mol. The lowest BCUT2D eigenvalue weighted by Crippen LogP contribution is -2.43. The van der Waals surface area contributed by atoms with Gasteiger partial charge in [0, 0.05) is 10.5 Å². The third-order valence-corrected chi connectivity index (χ3v) is 4.93. The van der Waals surface area contributed by atoms with E-state index in [-0.39, 0.29) is 17.9 Å². The third kappa shape index (κ3) is 5.23. The summed E-state index contributed by atoms with van der Waals surface area (Å²) in [5.41, 5.74) is 0.989. The number of aromatic amines is 1. The number of likely N-dealkylation sites (tertiary alicyclic amines) is 1. The Bertz CT molecular complexity index is 882. The van der Waals surface area contributed by atoms with Gasteiger partial charge in [-0.1, -0.05) is 15.9 Å². The topological polar surface area (TPSA) is 99.4 Å². The number of ether oxygens (including phenoxy) is 1. The van der Waals surface area contributed by atoms with Gasteiger partial charge in [-0.2, -0.15) is 0 Å². The van der Waals surface area contributed by atoms with Crippen LogP contribution in [0.4, 0.5) is 10.7 Å². The van der Waals surface area contributed by atoms with E-state index in [0.717, 1.165) is 30.4 Å². The molecule has 0 radical (unpaired) electrons. The Hall–Kier alpha value is -2.13. The first-order chi connectivity index (χ1) is 13.1. The Morgan fingerprint density at radius 3 is 2.61 bits per heavy atom. The Labute approximate surface area is 172 Å². The van der Waals surface area contributed by atoms with E-state index < -0.39 is 11.7 Å². The minimum Gasteiger partial charge on any atom is -0.444 e. The molecule has 1 aromatic heterocycles. The van der Waals surface area contributed by atoms with Crippen LogP contribution in [-0.2, 0) is 4.74 Å². The van der Waals surface area contributed by atoms with Crippen molar-refractivity contribution in [2.45, 2.75) is 45.3 Å². The smallest absolute Gasteiger partial charge is 0.414 e. The maximum atomic E-state index is 12.9. The summed E-state index contributed by atoms with van der Waals surface area (Å²) in [5, 5.41) is 5.68. The molecule has 9 heteroatoms. The molecule has 152 valence electrons. The Balaban J connectivity index is 1.79. The summed E-state index contributed by atoms with van der Waals surface area (Å²) in [6, 6.07) is 3.70. The van der Waals surface area contributed by atoms with Crippen LogP contribution in [-0.4, -0.2) is 58.6 Å². The number of carbonyl (C=O) groups is 2. The van der Waals surface area contributed by atoms with Gasteiger partial charge in [-0.25, -0.2) is 9.78 Å². The predicted octanol–water partition coefficient (Wildman–Crippen LogP) is 3.50. The zero-order valence-corrected chi connectivity index (χ0v) is 18.1. The summed E-state index contributed by atoms with van der Waals surface area (Å²) < 4.78 is 6.00. The fourth-order valence-corrected chi connectivity index (χ4v) is 3.59. The number of hydrogen-bond acceptors (Lipinski definition) is 5. The first-order valence-corrected chi connectivity index (χ1v) is 10.1. The summed E-state index contributed by atoms with van der Waals surface area (Å²) in [5.74, 6) is 0.0619. The standard InChI is InChI=1S/C19H26BrN5O3/c1-19(2,3)28-18(27)24-17-22-14-10-11(20)9-13(15(14)23-17)16(26)21-12-5-7-25(4)8-6-12/h9-10,12H,5-8H2,1-4H3,(H,21,26)(H2,22,23,24,27). The Morgan fingerprint density at radius 2 is 1.96 bits per heavy atom. The largest absolute Gasteiger partial charge is 0.444 e. The molecule has 0 bridgehead atoms. The fraction of sp³-hybridized carbons (Fsp3) is 0.526. The lowest BCUT2D eigenvalue weighted by molar-refractivity contribution is 0.0634.